The molecular weight excluding hydrogens is 200 g/mol. The zero-order valence-electron chi connectivity index (χ0n) is 6.91. The van der Waals surface area contributed by atoms with Crippen LogP contribution in [0.4, 0.5) is 5.13 Å². The number of hydrogen-bond acceptors (Lipinski definition) is 6. The first-order valence-electron chi connectivity index (χ1n) is 3.73. The molecule has 68 valence electrons. The van der Waals surface area contributed by atoms with Crippen LogP contribution in [-0.4, -0.2) is 21.3 Å². The van der Waals surface area contributed by atoms with Gasteiger partial charge in [-0.1, -0.05) is 17.4 Å². The van der Waals surface area contributed by atoms with Gasteiger partial charge in [-0.25, -0.2) is 4.79 Å². The van der Waals surface area contributed by atoms with Gasteiger partial charge in [-0.2, -0.15) is 0 Å². The largest absolute Gasteiger partial charge is 0.254 e. The maximum Gasteiger partial charge on any atom is 0.243 e. The van der Waals surface area contributed by atoms with E-state index in [0.717, 1.165) is 5.69 Å². The maximum absolute atomic E-state index is 9.95. The number of aliphatic imine (C=N–C) groups is 1. The number of rotatable bonds is 2. The predicted molar refractivity (Wildman–Crippen MR) is 50.9 cm³/mol. The highest BCUT2D eigenvalue weighted by atomic mass is 32.1. The van der Waals surface area contributed by atoms with Crippen LogP contribution in [0.3, 0.4) is 0 Å². The number of hydrogen-bond donors (Lipinski definition) is 0. The van der Waals surface area contributed by atoms with Crippen LogP contribution in [0.5, 0.6) is 0 Å². The van der Waals surface area contributed by atoms with E-state index >= 15 is 0 Å². The highest BCUT2D eigenvalue weighted by molar-refractivity contribution is 7.18. The van der Waals surface area contributed by atoms with Gasteiger partial charge in [-0.15, -0.1) is 15.2 Å². The minimum absolute atomic E-state index is 0.292. The molecule has 2 heterocycles. The molecule has 0 aliphatic carbocycles. The first-order chi connectivity index (χ1) is 6.90. The zero-order valence-corrected chi connectivity index (χ0v) is 7.73. The van der Waals surface area contributed by atoms with Gasteiger partial charge >= 0.3 is 0 Å². The normalized spacial score (nSPS) is 9.43. The summed E-state index contributed by atoms with van der Waals surface area (Å²) in [7, 11) is 0. The van der Waals surface area contributed by atoms with Crippen molar-refractivity contribution in [2.45, 2.75) is 0 Å². The van der Waals surface area contributed by atoms with Crippen LogP contribution in [0.25, 0.3) is 10.7 Å². The maximum atomic E-state index is 9.95. The molecule has 0 aromatic carbocycles. The van der Waals surface area contributed by atoms with Gasteiger partial charge in [0.25, 0.3) is 0 Å². The highest BCUT2D eigenvalue weighted by Crippen LogP contribution is 2.25. The van der Waals surface area contributed by atoms with Crippen LogP contribution in [0, 0.1) is 0 Å². The Hall–Kier alpha value is -1.91. The van der Waals surface area contributed by atoms with Crippen molar-refractivity contribution < 1.29 is 4.79 Å². The van der Waals surface area contributed by atoms with Crippen LogP contribution in [0.2, 0.25) is 0 Å². The Morgan fingerprint density at radius 3 is 3.00 bits per heavy atom. The second-order valence-electron chi connectivity index (χ2n) is 2.31. The molecule has 2 aromatic rings. The fraction of sp³-hybridized carbons (Fsp3) is 0. The molecule has 0 saturated heterocycles. The molecule has 0 unspecified atom stereocenters. The van der Waals surface area contributed by atoms with Gasteiger partial charge in [-0.05, 0) is 12.1 Å². The molecule has 0 fully saturated rings. The van der Waals surface area contributed by atoms with Crippen molar-refractivity contribution in [1.82, 2.24) is 15.2 Å². The minimum atomic E-state index is 0.292. The highest BCUT2D eigenvalue weighted by Gasteiger charge is 2.05. The molecule has 0 saturated carbocycles. The van der Waals surface area contributed by atoms with Crippen LogP contribution in [0.15, 0.2) is 29.4 Å². The van der Waals surface area contributed by atoms with E-state index < -0.39 is 0 Å². The third kappa shape index (κ3) is 1.71. The SMILES string of the molecule is O=C=Nc1nnc(-c2ccccn2)s1. The Kier molecular flexibility index (Phi) is 2.40. The van der Waals surface area contributed by atoms with Gasteiger partial charge in [0.2, 0.25) is 11.2 Å². The van der Waals surface area contributed by atoms with Crippen LogP contribution < -0.4 is 0 Å². The summed E-state index contributed by atoms with van der Waals surface area (Å²) < 4.78 is 0. The van der Waals surface area contributed by atoms with E-state index in [0.29, 0.717) is 10.1 Å². The monoisotopic (exact) mass is 204 g/mol. The molecule has 0 aliphatic heterocycles. The summed E-state index contributed by atoms with van der Waals surface area (Å²) in [4.78, 5) is 17.4. The minimum Gasteiger partial charge on any atom is -0.254 e. The first kappa shape index (κ1) is 8.68. The Balaban J connectivity index is 2.39. The number of pyridine rings is 1. The van der Waals surface area contributed by atoms with Crippen molar-refractivity contribution in [2.24, 2.45) is 4.99 Å². The van der Waals surface area contributed by atoms with Gasteiger partial charge < -0.3 is 0 Å². The first-order valence-corrected chi connectivity index (χ1v) is 4.54. The van der Waals surface area contributed by atoms with Gasteiger partial charge in [0.05, 0.1) is 0 Å². The van der Waals surface area contributed by atoms with Crippen LogP contribution >= 0.6 is 11.3 Å². The molecule has 0 amide bonds. The molecule has 0 radical (unpaired) electrons. The smallest absolute Gasteiger partial charge is 0.243 e. The fourth-order valence-corrected chi connectivity index (χ4v) is 1.54. The Morgan fingerprint density at radius 2 is 2.29 bits per heavy atom. The van der Waals surface area contributed by atoms with Gasteiger partial charge in [-0.3, -0.25) is 4.98 Å². The van der Waals surface area contributed by atoms with Gasteiger partial charge in [0.15, 0.2) is 5.01 Å². The summed E-state index contributed by atoms with van der Waals surface area (Å²) in [5.41, 5.74) is 0.720. The van der Waals surface area contributed by atoms with Crippen LogP contribution in [0.1, 0.15) is 0 Å². The third-order valence-electron chi connectivity index (χ3n) is 1.44. The molecule has 0 aliphatic rings. The summed E-state index contributed by atoms with van der Waals surface area (Å²) in [5.74, 6) is 0. The van der Waals surface area contributed by atoms with E-state index in [1.54, 1.807) is 6.20 Å². The molecule has 2 rings (SSSR count). The van der Waals surface area contributed by atoms with E-state index in [4.69, 9.17) is 0 Å². The lowest BCUT2D eigenvalue weighted by Gasteiger charge is -1.89. The van der Waals surface area contributed by atoms with Crippen molar-refractivity contribution in [1.29, 1.82) is 0 Å². The van der Waals surface area contributed by atoms with E-state index in [2.05, 4.69) is 20.2 Å². The van der Waals surface area contributed by atoms with E-state index in [9.17, 15) is 4.79 Å². The average Bonchev–Trinajstić information content (AvgIpc) is 2.68. The molecule has 2 aromatic heterocycles. The lowest BCUT2D eigenvalue weighted by molar-refractivity contribution is 0.565. The van der Waals surface area contributed by atoms with Crippen molar-refractivity contribution in [3.05, 3.63) is 24.4 Å². The quantitative estimate of drug-likeness (QED) is 0.550. The number of isocyanates is 1. The standard InChI is InChI=1S/C8H4N4OS/c13-5-10-8-12-11-7(14-8)6-3-1-2-4-9-6/h1-4H. The fourth-order valence-electron chi connectivity index (χ4n) is 0.892. The molecule has 6 heteroatoms. The second kappa shape index (κ2) is 3.87. The van der Waals surface area contributed by atoms with Crippen molar-refractivity contribution >= 4 is 22.5 Å². The topological polar surface area (TPSA) is 68.1 Å². The molecule has 0 bridgehead atoms. The van der Waals surface area contributed by atoms with Crippen molar-refractivity contribution in [3.8, 4) is 10.7 Å². The molecular formula is C8H4N4OS. The molecule has 5 nitrogen and oxygen atoms in total. The number of nitrogens with zero attached hydrogens (tertiary/aromatic N) is 4. The molecule has 0 atom stereocenters. The van der Waals surface area contributed by atoms with E-state index in [1.807, 2.05) is 18.2 Å². The van der Waals surface area contributed by atoms with Gasteiger partial charge in [0.1, 0.15) is 5.69 Å². The van der Waals surface area contributed by atoms with Crippen molar-refractivity contribution in [2.75, 3.05) is 0 Å². The predicted octanol–water partition coefficient (Wildman–Crippen LogP) is 1.57. The third-order valence-corrected chi connectivity index (χ3v) is 2.28. The van der Waals surface area contributed by atoms with Crippen LogP contribution in [-0.2, 0) is 4.79 Å². The Labute approximate surface area is 83.2 Å². The lowest BCUT2D eigenvalue weighted by Crippen LogP contribution is -1.79. The Bertz CT molecular complexity index is 475. The molecule has 0 N–H and O–H groups in total. The number of aromatic nitrogens is 3. The van der Waals surface area contributed by atoms with E-state index in [-0.39, 0.29) is 0 Å². The zero-order chi connectivity index (χ0) is 9.80. The summed E-state index contributed by atoms with van der Waals surface area (Å²) in [6, 6.07) is 5.48. The number of carbonyl (C=O) groups excluding carboxylic acids is 1. The molecule has 0 spiro atoms. The van der Waals surface area contributed by atoms with E-state index in [1.165, 1.54) is 17.4 Å². The summed E-state index contributed by atoms with van der Waals surface area (Å²) >= 11 is 1.20. The second-order valence-corrected chi connectivity index (χ2v) is 3.26. The Morgan fingerprint density at radius 1 is 1.36 bits per heavy atom. The van der Waals surface area contributed by atoms with Gasteiger partial charge in [0, 0.05) is 6.20 Å². The molecule has 14 heavy (non-hydrogen) atoms. The average molecular weight is 204 g/mol. The summed E-state index contributed by atoms with van der Waals surface area (Å²) in [6.07, 6.45) is 3.08. The van der Waals surface area contributed by atoms with Crippen molar-refractivity contribution in [3.63, 3.8) is 0 Å². The summed E-state index contributed by atoms with van der Waals surface area (Å²) in [5, 5.41) is 8.45. The summed E-state index contributed by atoms with van der Waals surface area (Å²) in [6.45, 7) is 0. The lowest BCUT2D eigenvalue weighted by atomic mass is 10.4.